The molecule has 13 valence electrons. The molecule has 0 aliphatic rings. The van der Waals surface area contributed by atoms with Gasteiger partial charge in [0.05, 0.1) is 0 Å². The molecule has 0 saturated carbocycles. The van der Waals surface area contributed by atoms with Crippen LogP contribution in [0.4, 0.5) is 0 Å². The van der Waals surface area contributed by atoms with E-state index in [9.17, 15) is 0 Å². The Bertz CT molecular complexity index is 8.00. The molecule has 4 heavy (non-hydrogen) atoms. The van der Waals surface area contributed by atoms with Gasteiger partial charge < -0.3 is 5.48 Å². The Kier molecular flexibility index (Phi) is 144. The SMILES string of the molecule is [La+3].[Mg+2].[Mn+2].[O-2]. The first-order valence-corrected chi connectivity index (χ1v) is 0. The van der Waals surface area contributed by atoms with Gasteiger partial charge >= 0.3 is 75.7 Å². The molecule has 1 radical (unpaired) electrons. The minimum atomic E-state index is 0. The van der Waals surface area contributed by atoms with Crippen LogP contribution >= 0.6 is 0 Å². The summed E-state index contributed by atoms with van der Waals surface area (Å²) >= 11 is 0. The minimum absolute atomic E-state index is 0. The van der Waals surface area contributed by atoms with Gasteiger partial charge in [0.25, 0.3) is 0 Å². The molecule has 0 heterocycles. The minimum Gasteiger partial charge on any atom is -2.00 e. The molecule has 4 heteroatoms. The molecule has 0 amide bonds. The number of rotatable bonds is 0. The van der Waals surface area contributed by atoms with Crippen molar-refractivity contribution < 1.29 is 58.1 Å². The van der Waals surface area contributed by atoms with Crippen LogP contribution < -0.4 is 0 Å². The van der Waals surface area contributed by atoms with Crippen LogP contribution in [0, 0.1) is 35.6 Å². The van der Waals surface area contributed by atoms with E-state index in [4.69, 9.17) is 0 Å². The van der Waals surface area contributed by atoms with Crippen molar-refractivity contribution in [1.82, 2.24) is 0 Å². The maximum absolute atomic E-state index is 0. The van der Waals surface area contributed by atoms with Crippen LogP contribution in [0.5, 0.6) is 0 Å². The Morgan fingerprint density at radius 3 is 1.00 bits per heavy atom. The van der Waals surface area contributed by atoms with Crippen molar-refractivity contribution in [3.05, 3.63) is 0 Å². The fraction of sp³-hybridized carbons (Fsp3) is 0. The molecule has 0 aromatic rings. The Labute approximate surface area is 79.8 Å². The summed E-state index contributed by atoms with van der Waals surface area (Å²) in [5, 5.41) is 0. The van der Waals surface area contributed by atoms with Gasteiger partial charge in [-0.1, -0.05) is 0 Å². The van der Waals surface area contributed by atoms with Crippen molar-refractivity contribution in [2.24, 2.45) is 0 Å². The van der Waals surface area contributed by atoms with E-state index >= 15 is 0 Å². The van der Waals surface area contributed by atoms with Gasteiger partial charge in [-0.3, -0.25) is 0 Å². The van der Waals surface area contributed by atoms with Crippen LogP contribution in [0.3, 0.4) is 0 Å². The zero-order valence-electron chi connectivity index (χ0n) is 2.07. The van der Waals surface area contributed by atoms with Gasteiger partial charge in [-0.2, -0.15) is 0 Å². The molecular weight excluding hydrogens is 234 g/mol. The summed E-state index contributed by atoms with van der Waals surface area (Å²) < 4.78 is 0. The Morgan fingerprint density at radius 2 is 1.00 bits per heavy atom. The van der Waals surface area contributed by atoms with Gasteiger partial charge in [-0.25, -0.2) is 0 Å². The van der Waals surface area contributed by atoms with Crippen molar-refractivity contribution in [3.63, 3.8) is 0 Å². The summed E-state index contributed by atoms with van der Waals surface area (Å²) in [4.78, 5) is 0. The molecule has 0 aliphatic carbocycles. The topological polar surface area (TPSA) is 28.5 Å². The third-order valence-corrected chi connectivity index (χ3v) is 0. The predicted octanol–water partition coefficient (Wildman–Crippen LogP) is -0.502. The molecule has 0 bridgehead atoms. The molecule has 0 aromatic heterocycles. The average Bonchev–Trinajstić information content (AvgIpc) is 0. The van der Waals surface area contributed by atoms with Crippen molar-refractivity contribution in [2.75, 3.05) is 0 Å². The van der Waals surface area contributed by atoms with E-state index in [1.807, 2.05) is 0 Å². The Morgan fingerprint density at radius 1 is 1.00 bits per heavy atom. The quantitative estimate of drug-likeness (QED) is 0.505. The molecule has 0 atom stereocenters. The van der Waals surface area contributed by atoms with E-state index in [0.717, 1.165) is 0 Å². The summed E-state index contributed by atoms with van der Waals surface area (Å²) in [6.45, 7) is 0. The largest absolute Gasteiger partial charge is 3.00 e. The molecule has 0 spiro atoms. The van der Waals surface area contributed by atoms with Gasteiger partial charge in [-0.15, -0.1) is 0 Å². The van der Waals surface area contributed by atoms with Crippen molar-refractivity contribution in [2.45, 2.75) is 0 Å². The number of hydrogen-bond donors (Lipinski definition) is 0. The summed E-state index contributed by atoms with van der Waals surface area (Å²) in [7, 11) is 0. The second kappa shape index (κ2) is 18.0. The van der Waals surface area contributed by atoms with Crippen LogP contribution in [0.2, 0.25) is 0 Å². The maximum Gasteiger partial charge on any atom is 3.00 e. The summed E-state index contributed by atoms with van der Waals surface area (Å²) in [5.41, 5.74) is 0. The molecule has 0 unspecified atom stereocenters. The van der Waals surface area contributed by atoms with Crippen LogP contribution in [-0.2, 0) is 22.5 Å². The zero-order valence-corrected chi connectivity index (χ0v) is 8.29. The first-order valence-electron chi connectivity index (χ1n) is 0. The molecule has 0 N–H and O–H groups in total. The fourth-order valence-corrected chi connectivity index (χ4v) is 0. The summed E-state index contributed by atoms with van der Waals surface area (Å²) in [6.07, 6.45) is 0. The van der Waals surface area contributed by atoms with Crippen LogP contribution in [-0.4, -0.2) is 23.1 Å². The van der Waals surface area contributed by atoms with Crippen molar-refractivity contribution in [1.29, 1.82) is 0 Å². The summed E-state index contributed by atoms with van der Waals surface area (Å²) in [6, 6.07) is 0. The molecule has 1 nitrogen and oxygen atoms in total. The smallest absolute Gasteiger partial charge is 2.00 e. The molecular formula is LaMgMnO+5. The van der Waals surface area contributed by atoms with Crippen molar-refractivity contribution in [3.8, 4) is 0 Å². The fourth-order valence-electron chi connectivity index (χ4n) is 0. The number of hydrogen-bond acceptors (Lipinski definition) is 0. The first-order chi connectivity index (χ1) is 0. The van der Waals surface area contributed by atoms with Gasteiger partial charge in [0.2, 0.25) is 0 Å². The third kappa shape index (κ3) is 8.83. The molecule has 0 aliphatic heterocycles. The third-order valence-electron chi connectivity index (χ3n) is 0. The normalized spacial score (nSPS) is 0. The van der Waals surface area contributed by atoms with E-state index in [0.29, 0.717) is 0 Å². The van der Waals surface area contributed by atoms with E-state index < -0.39 is 0 Å². The van der Waals surface area contributed by atoms with Crippen LogP contribution in [0.1, 0.15) is 0 Å². The Hall–Kier alpha value is 2.44. The van der Waals surface area contributed by atoms with Crippen LogP contribution in [0.25, 0.3) is 0 Å². The predicted molar refractivity (Wildman–Crippen MR) is 6.44 cm³/mol. The second-order valence-corrected chi connectivity index (χ2v) is 0. The molecule has 0 rings (SSSR count). The molecule has 0 aromatic carbocycles. The van der Waals surface area contributed by atoms with Gasteiger partial charge in [0, 0.05) is 0 Å². The van der Waals surface area contributed by atoms with E-state index in [1.165, 1.54) is 0 Å². The summed E-state index contributed by atoms with van der Waals surface area (Å²) in [5.74, 6) is 0. The molecule has 0 fully saturated rings. The van der Waals surface area contributed by atoms with E-state index in [2.05, 4.69) is 0 Å². The van der Waals surface area contributed by atoms with E-state index in [-0.39, 0.29) is 81.2 Å². The first kappa shape index (κ1) is 32.0. The van der Waals surface area contributed by atoms with Gasteiger partial charge in [0.1, 0.15) is 0 Å². The van der Waals surface area contributed by atoms with Crippen molar-refractivity contribution >= 4 is 23.1 Å². The van der Waals surface area contributed by atoms with E-state index in [1.54, 1.807) is 0 Å². The zero-order chi connectivity index (χ0) is 0. The standard InChI is InChI=1S/La.Mg.Mn.O/q+3;2*+2;-2. The monoisotopic (exact) mass is 234 g/mol. The van der Waals surface area contributed by atoms with Crippen LogP contribution in [0.15, 0.2) is 0 Å². The maximum atomic E-state index is 0. The van der Waals surface area contributed by atoms with Gasteiger partial charge in [-0.05, 0) is 0 Å². The van der Waals surface area contributed by atoms with Gasteiger partial charge in [0.15, 0.2) is 0 Å². The molecule has 0 saturated heterocycles. The second-order valence-electron chi connectivity index (χ2n) is 0. The average molecular weight is 234 g/mol. The Balaban J connectivity index is 0.